The summed E-state index contributed by atoms with van der Waals surface area (Å²) >= 11 is 0. The van der Waals surface area contributed by atoms with Crippen molar-refractivity contribution in [2.24, 2.45) is 5.92 Å². The normalized spacial score (nSPS) is 30.4. The average molecular weight is 272 g/mol. The Hall–Kier alpha value is -0.860. The van der Waals surface area contributed by atoms with E-state index in [2.05, 4.69) is 62.2 Å². The van der Waals surface area contributed by atoms with E-state index in [1.165, 1.54) is 30.5 Å². The van der Waals surface area contributed by atoms with Crippen LogP contribution >= 0.6 is 0 Å². The highest BCUT2D eigenvalue weighted by Crippen LogP contribution is 2.42. The molecule has 2 fully saturated rings. The first-order valence-electron chi connectivity index (χ1n) is 7.95. The van der Waals surface area contributed by atoms with Crippen molar-refractivity contribution < 1.29 is 0 Å². The zero-order valence-corrected chi connectivity index (χ0v) is 13.4. The first-order chi connectivity index (χ1) is 9.41. The van der Waals surface area contributed by atoms with E-state index in [-0.39, 0.29) is 5.54 Å². The molecule has 110 valence electrons. The van der Waals surface area contributed by atoms with Crippen molar-refractivity contribution in [2.75, 3.05) is 13.1 Å². The molecule has 1 aliphatic heterocycles. The summed E-state index contributed by atoms with van der Waals surface area (Å²) < 4.78 is 0. The van der Waals surface area contributed by atoms with Gasteiger partial charge in [-0.05, 0) is 57.6 Å². The molecule has 1 aromatic carbocycles. The third-order valence-electron chi connectivity index (χ3n) is 5.40. The van der Waals surface area contributed by atoms with Crippen LogP contribution in [0.25, 0.3) is 0 Å². The highest BCUT2D eigenvalue weighted by molar-refractivity contribution is 5.26. The van der Waals surface area contributed by atoms with E-state index < -0.39 is 0 Å². The van der Waals surface area contributed by atoms with Crippen LogP contribution in [0.2, 0.25) is 0 Å². The molecule has 1 saturated carbocycles. The Labute approximate surface area is 123 Å². The second-order valence-corrected chi connectivity index (χ2v) is 7.64. The maximum atomic E-state index is 3.84. The predicted molar refractivity (Wildman–Crippen MR) is 84.8 cm³/mol. The fourth-order valence-corrected chi connectivity index (χ4v) is 3.45. The smallest absolute Gasteiger partial charge is 0.0309 e. The number of piperazine rings is 1. The van der Waals surface area contributed by atoms with E-state index in [4.69, 9.17) is 0 Å². The Bertz CT molecular complexity index is 490. The Kier molecular flexibility index (Phi) is 3.42. The van der Waals surface area contributed by atoms with E-state index >= 15 is 0 Å². The van der Waals surface area contributed by atoms with Crippen LogP contribution in [0.5, 0.6) is 0 Å². The minimum absolute atomic E-state index is 0.233. The lowest BCUT2D eigenvalue weighted by Crippen LogP contribution is -2.67. The van der Waals surface area contributed by atoms with E-state index in [1.54, 1.807) is 0 Å². The number of rotatable bonds is 3. The van der Waals surface area contributed by atoms with Gasteiger partial charge in [0.15, 0.2) is 0 Å². The van der Waals surface area contributed by atoms with Crippen LogP contribution in [0, 0.1) is 12.8 Å². The van der Waals surface area contributed by atoms with Gasteiger partial charge in [-0.1, -0.05) is 24.3 Å². The predicted octanol–water partition coefficient (Wildman–Crippen LogP) is 3.35. The molecule has 1 aliphatic carbocycles. The Morgan fingerprint density at radius 3 is 2.55 bits per heavy atom. The molecule has 1 saturated heterocycles. The number of nitrogens with zero attached hydrogens (tertiary/aromatic N) is 1. The topological polar surface area (TPSA) is 15.3 Å². The molecule has 0 amide bonds. The quantitative estimate of drug-likeness (QED) is 0.908. The summed E-state index contributed by atoms with van der Waals surface area (Å²) in [4.78, 5) is 2.68. The molecule has 2 heteroatoms. The monoisotopic (exact) mass is 272 g/mol. The largest absolute Gasteiger partial charge is 0.308 e. The van der Waals surface area contributed by atoms with Crippen LogP contribution in [-0.4, -0.2) is 29.1 Å². The summed E-state index contributed by atoms with van der Waals surface area (Å²) in [5.74, 6) is 0.887. The molecular weight excluding hydrogens is 244 g/mol. The number of aryl methyl sites for hydroxylation is 1. The third kappa shape index (κ3) is 2.64. The molecular formula is C18H28N2. The van der Waals surface area contributed by atoms with Gasteiger partial charge in [-0.25, -0.2) is 0 Å². The molecule has 0 spiro atoms. The summed E-state index contributed by atoms with van der Waals surface area (Å²) in [6.45, 7) is 12.7. The standard InChI is InChI=1S/C18H28N2/c1-14-7-5-6-8-15(14)11-20-13-18(4,16-9-10-16)19-12-17(20,2)3/h5-8,16,19H,9-13H2,1-4H3. The van der Waals surface area contributed by atoms with Crippen LogP contribution in [0.4, 0.5) is 0 Å². The van der Waals surface area contributed by atoms with E-state index in [9.17, 15) is 0 Å². The number of benzene rings is 1. The Morgan fingerprint density at radius 2 is 1.90 bits per heavy atom. The summed E-state index contributed by atoms with van der Waals surface area (Å²) in [5.41, 5.74) is 3.44. The molecule has 2 nitrogen and oxygen atoms in total. The minimum atomic E-state index is 0.233. The van der Waals surface area contributed by atoms with Gasteiger partial charge in [0.05, 0.1) is 0 Å². The molecule has 1 unspecified atom stereocenters. The molecule has 0 bridgehead atoms. The van der Waals surface area contributed by atoms with E-state index in [1.807, 2.05) is 0 Å². The van der Waals surface area contributed by atoms with E-state index in [0.29, 0.717) is 5.54 Å². The zero-order valence-electron chi connectivity index (χ0n) is 13.4. The molecule has 0 radical (unpaired) electrons. The maximum absolute atomic E-state index is 3.84. The van der Waals surface area contributed by atoms with Crippen molar-refractivity contribution in [3.8, 4) is 0 Å². The van der Waals surface area contributed by atoms with Crippen molar-refractivity contribution in [1.82, 2.24) is 10.2 Å². The highest BCUT2D eigenvalue weighted by Gasteiger charge is 2.47. The number of hydrogen-bond acceptors (Lipinski definition) is 2. The van der Waals surface area contributed by atoms with Gasteiger partial charge in [0.25, 0.3) is 0 Å². The van der Waals surface area contributed by atoms with Crippen molar-refractivity contribution in [3.63, 3.8) is 0 Å². The van der Waals surface area contributed by atoms with Crippen molar-refractivity contribution in [3.05, 3.63) is 35.4 Å². The lowest BCUT2D eigenvalue weighted by atomic mass is 9.86. The first kappa shape index (κ1) is 14.1. The first-order valence-corrected chi connectivity index (χ1v) is 7.95. The van der Waals surface area contributed by atoms with Crippen LogP contribution in [0.3, 0.4) is 0 Å². The SMILES string of the molecule is Cc1ccccc1CN1CC(C)(C2CC2)NCC1(C)C. The van der Waals surface area contributed by atoms with Crippen molar-refractivity contribution >= 4 is 0 Å². The average Bonchev–Trinajstić information content (AvgIpc) is 3.22. The fraction of sp³-hybridized carbons (Fsp3) is 0.667. The molecule has 3 rings (SSSR count). The van der Waals surface area contributed by atoms with Crippen LogP contribution in [0.15, 0.2) is 24.3 Å². The molecule has 20 heavy (non-hydrogen) atoms. The summed E-state index contributed by atoms with van der Waals surface area (Å²) in [7, 11) is 0. The summed E-state index contributed by atoms with van der Waals surface area (Å²) in [6, 6.07) is 8.81. The number of hydrogen-bond donors (Lipinski definition) is 1. The lowest BCUT2D eigenvalue weighted by molar-refractivity contribution is 0.0177. The van der Waals surface area contributed by atoms with Gasteiger partial charge in [0.1, 0.15) is 0 Å². The molecule has 1 aromatic rings. The van der Waals surface area contributed by atoms with Gasteiger partial charge >= 0.3 is 0 Å². The maximum Gasteiger partial charge on any atom is 0.0309 e. The number of nitrogens with one attached hydrogen (secondary N) is 1. The third-order valence-corrected chi connectivity index (χ3v) is 5.40. The Balaban J connectivity index is 1.80. The van der Waals surface area contributed by atoms with Crippen LogP contribution < -0.4 is 5.32 Å². The van der Waals surface area contributed by atoms with Crippen LogP contribution in [-0.2, 0) is 6.54 Å². The fourth-order valence-electron chi connectivity index (χ4n) is 3.45. The van der Waals surface area contributed by atoms with Gasteiger partial charge in [-0.3, -0.25) is 4.90 Å². The molecule has 1 atom stereocenters. The minimum Gasteiger partial charge on any atom is -0.308 e. The van der Waals surface area contributed by atoms with Gasteiger partial charge in [0, 0.05) is 30.7 Å². The molecule has 1 heterocycles. The summed E-state index contributed by atoms with van der Waals surface area (Å²) in [5, 5.41) is 3.84. The van der Waals surface area contributed by atoms with Crippen molar-refractivity contribution in [2.45, 2.75) is 58.2 Å². The molecule has 0 aromatic heterocycles. The molecule has 2 aliphatic rings. The van der Waals surface area contributed by atoms with Gasteiger partial charge in [0.2, 0.25) is 0 Å². The Morgan fingerprint density at radius 1 is 1.20 bits per heavy atom. The second-order valence-electron chi connectivity index (χ2n) is 7.64. The van der Waals surface area contributed by atoms with Gasteiger partial charge < -0.3 is 5.32 Å². The second kappa shape index (κ2) is 4.85. The highest BCUT2D eigenvalue weighted by atomic mass is 15.3. The van der Waals surface area contributed by atoms with Crippen LogP contribution in [0.1, 0.15) is 44.7 Å². The lowest BCUT2D eigenvalue weighted by Gasteiger charge is -2.51. The summed E-state index contributed by atoms with van der Waals surface area (Å²) in [6.07, 6.45) is 2.81. The molecule has 1 N–H and O–H groups in total. The van der Waals surface area contributed by atoms with Crippen molar-refractivity contribution in [1.29, 1.82) is 0 Å². The van der Waals surface area contributed by atoms with E-state index in [0.717, 1.165) is 19.0 Å². The van der Waals surface area contributed by atoms with Gasteiger partial charge in [-0.15, -0.1) is 0 Å². The van der Waals surface area contributed by atoms with Gasteiger partial charge in [-0.2, -0.15) is 0 Å². The zero-order chi connectivity index (χ0) is 14.4.